The molecule has 0 aliphatic carbocycles. The second kappa shape index (κ2) is 5.25. The number of aromatic amines is 1. The molecule has 1 aromatic carbocycles. The van der Waals surface area contributed by atoms with Crippen LogP contribution >= 0.6 is 0 Å². The van der Waals surface area contributed by atoms with Crippen LogP contribution in [0.1, 0.15) is 12.8 Å². The summed E-state index contributed by atoms with van der Waals surface area (Å²) in [5.74, 6) is 1.06. The predicted molar refractivity (Wildman–Crippen MR) is 82.8 cm³/mol. The number of fused-ring (bicyclic) bond motifs is 1. The van der Waals surface area contributed by atoms with Crippen molar-refractivity contribution in [2.45, 2.75) is 12.8 Å². The SMILES string of the molecule is Fc1ccc(Nc2nc(N3CCCC3)c3[nH]cnc3n2)cc1. The van der Waals surface area contributed by atoms with Gasteiger partial charge in [0.1, 0.15) is 11.3 Å². The van der Waals surface area contributed by atoms with Gasteiger partial charge in [-0.25, -0.2) is 9.37 Å². The van der Waals surface area contributed by atoms with Crippen LogP contribution in [-0.4, -0.2) is 33.0 Å². The number of rotatable bonds is 3. The molecular weight excluding hydrogens is 283 g/mol. The first kappa shape index (κ1) is 13.0. The van der Waals surface area contributed by atoms with Crippen molar-refractivity contribution in [3.8, 4) is 0 Å². The molecule has 6 nitrogen and oxygen atoms in total. The summed E-state index contributed by atoms with van der Waals surface area (Å²) < 4.78 is 13.0. The van der Waals surface area contributed by atoms with E-state index < -0.39 is 0 Å². The highest BCUT2D eigenvalue weighted by molar-refractivity contribution is 5.84. The predicted octanol–water partition coefficient (Wildman–Crippen LogP) is 2.84. The molecular formula is C15H15FN6. The van der Waals surface area contributed by atoms with Crippen LogP contribution in [0.4, 0.5) is 21.8 Å². The maximum atomic E-state index is 13.0. The van der Waals surface area contributed by atoms with Gasteiger partial charge in [0.2, 0.25) is 5.95 Å². The lowest BCUT2D eigenvalue weighted by Gasteiger charge is -2.17. The average molecular weight is 298 g/mol. The van der Waals surface area contributed by atoms with Crippen LogP contribution in [0.2, 0.25) is 0 Å². The third kappa shape index (κ3) is 2.34. The Kier molecular flexibility index (Phi) is 3.10. The first-order valence-electron chi connectivity index (χ1n) is 7.28. The molecule has 2 aromatic heterocycles. The maximum absolute atomic E-state index is 13.0. The molecule has 0 atom stereocenters. The van der Waals surface area contributed by atoms with Crippen molar-refractivity contribution in [3.63, 3.8) is 0 Å². The van der Waals surface area contributed by atoms with Crippen LogP contribution in [0.3, 0.4) is 0 Å². The third-order valence-electron chi connectivity index (χ3n) is 3.77. The number of nitrogens with one attached hydrogen (secondary N) is 2. The number of nitrogens with zero attached hydrogens (tertiary/aromatic N) is 4. The lowest BCUT2D eigenvalue weighted by Crippen LogP contribution is -2.20. The number of hydrogen-bond acceptors (Lipinski definition) is 5. The summed E-state index contributed by atoms with van der Waals surface area (Å²) in [6.07, 6.45) is 3.96. The van der Waals surface area contributed by atoms with Crippen molar-refractivity contribution in [1.29, 1.82) is 0 Å². The summed E-state index contributed by atoms with van der Waals surface area (Å²) in [6.45, 7) is 1.97. The number of imidazole rings is 1. The molecule has 0 unspecified atom stereocenters. The minimum Gasteiger partial charge on any atom is -0.355 e. The van der Waals surface area contributed by atoms with Crippen LogP contribution in [0.5, 0.6) is 0 Å². The van der Waals surface area contributed by atoms with Gasteiger partial charge in [0.15, 0.2) is 11.5 Å². The van der Waals surface area contributed by atoms with E-state index >= 15 is 0 Å². The zero-order valence-corrected chi connectivity index (χ0v) is 11.9. The van der Waals surface area contributed by atoms with Crippen LogP contribution in [0, 0.1) is 5.82 Å². The minimum absolute atomic E-state index is 0.271. The molecule has 3 aromatic rings. The minimum atomic E-state index is -0.271. The van der Waals surface area contributed by atoms with Crippen LogP contribution in [-0.2, 0) is 0 Å². The molecule has 0 amide bonds. The second-order valence-electron chi connectivity index (χ2n) is 5.30. The Morgan fingerprint density at radius 1 is 1.09 bits per heavy atom. The van der Waals surface area contributed by atoms with Crippen molar-refractivity contribution in [2.24, 2.45) is 0 Å². The Balaban J connectivity index is 1.72. The fourth-order valence-corrected chi connectivity index (χ4v) is 2.69. The molecule has 112 valence electrons. The lowest BCUT2D eigenvalue weighted by atomic mass is 10.3. The molecule has 0 saturated carbocycles. The number of hydrogen-bond donors (Lipinski definition) is 2. The van der Waals surface area contributed by atoms with Gasteiger partial charge in [-0.3, -0.25) is 0 Å². The fraction of sp³-hybridized carbons (Fsp3) is 0.267. The standard InChI is InChI=1S/C15H15FN6/c16-10-3-5-11(6-4-10)19-15-20-13-12(17-9-18-13)14(21-15)22-7-1-2-8-22/h3-6,9H,1-2,7-8H2,(H2,17,18,19,20,21). The Labute approximate surface area is 126 Å². The normalized spacial score (nSPS) is 14.7. The van der Waals surface area contributed by atoms with Crippen LogP contribution < -0.4 is 10.2 Å². The molecule has 1 aliphatic rings. The quantitative estimate of drug-likeness (QED) is 0.778. The summed E-state index contributed by atoms with van der Waals surface area (Å²) in [5.41, 5.74) is 2.22. The maximum Gasteiger partial charge on any atom is 0.231 e. The van der Waals surface area contributed by atoms with E-state index in [2.05, 4.69) is 30.2 Å². The topological polar surface area (TPSA) is 69.7 Å². The monoisotopic (exact) mass is 298 g/mol. The zero-order chi connectivity index (χ0) is 14.9. The summed E-state index contributed by atoms with van der Waals surface area (Å²) in [5, 5.41) is 3.11. The van der Waals surface area contributed by atoms with Crippen molar-refractivity contribution in [1.82, 2.24) is 19.9 Å². The van der Waals surface area contributed by atoms with Gasteiger partial charge in [-0.05, 0) is 37.1 Å². The van der Waals surface area contributed by atoms with Gasteiger partial charge in [-0.1, -0.05) is 0 Å². The van der Waals surface area contributed by atoms with E-state index in [1.165, 1.54) is 25.0 Å². The zero-order valence-electron chi connectivity index (χ0n) is 11.9. The van der Waals surface area contributed by atoms with Gasteiger partial charge in [0.05, 0.1) is 6.33 Å². The van der Waals surface area contributed by atoms with Gasteiger partial charge < -0.3 is 15.2 Å². The highest BCUT2D eigenvalue weighted by atomic mass is 19.1. The molecule has 2 N–H and O–H groups in total. The van der Waals surface area contributed by atoms with Gasteiger partial charge in [-0.2, -0.15) is 9.97 Å². The van der Waals surface area contributed by atoms with Crippen LogP contribution in [0.25, 0.3) is 11.2 Å². The van der Waals surface area contributed by atoms with Gasteiger partial charge >= 0.3 is 0 Å². The Hall–Kier alpha value is -2.70. The van der Waals surface area contributed by atoms with Crippen molar-refractivity contribution >= 4 is 28.6 Å². The van der Waals surface area contributed by atoms with Gasteiger partial charge in [-0.15, -0.1) is 0 Å². The number of H-pyrrole nitrogens is 1. The Bertz CT molecular complexity index is 791. The van der Waals surface area contributed by atoms with E-state index in [0.29, 0.717) is 11.6 Å². The van der Waals surface area contributed by atoms with E-state index in [0.717, 1.165) is 30.1 Å². The summed E-state index contributed by atoms with van der Waals surface area (Å²) in [4.78, 5) is 18.6. The Morgan fingerprint density at radius 3 is 2.64 bits per heavy atom. The van der Waals surface area contributed by atoms with E-state index in [1.54, 1.807) is 18.5 Å². The fourth-order valence-electron chi connectivity index (χ4n) is 2.69. The van der Waals surface area contributed by atoms with E-state index in [-0.39, 0.29) is 5.82 Å². The Morgan fingerprint density at radius 2 is 1.86 bits per heavy atom. The molecule has 4 rings (SSSR count). The lowest BCUT2D eigenvalue weighted by molar-refractivity contribution is 0.628. The number of benzene rings is 1. The second-order valence-corrected chi connectivity index (χ2v) is 5.30. The van der Waals surface area contributed by atoms with E-state index in [9.17, 15) is 4.39 Å². The summed E-state index contributed by atoms with van der Waals surface area (Å²) in [7, 11) is 0. The molecule has 0 radical (unpaired) electrons. The molecule has 1 aliphatic heterocycles. The first-order chi connectivity index (χ1) is 10.8. The van der Waals surface area contributed by atoms with Crippen molar-refractivity contribution in [2.75, 3.05) is 23.3 Å². The molecule has 1 saturated heterocycles. The summed E-state index contributed by atoms with van der Waals surface area (Å²) in [6, 6.07) is 6.11. The molecule has 1 fully saturated rings. The van der Waals surface area contributed by atoms with Gasteiger partial charge in [0, 0.05) is 18.8 Å². The smallest absolute Gasteiger partial charge is 0.231 e. The van der Waals surface area contributed by atoms with Crippen LogP contribution in [0.15, 0.2) is 30.6 Å². The van der Waals surface area contributed by atoms with Crippen molar-refractivity contribution in [3.05, 3.63) is 36.4 Å². The van der Waals surface area contributed by atoms with E-state index in [1.807, 2.05) is 0 Å². The molecule has 0 bridgehead atoms. The highest BCUT2D eigenvalue weighted by Crippen LogP contribution is 2.26. The number of halogens is 1. The largest absolute Gasteiger partial charge is 0.355 e. The number of anilines is 3. The third-order valence-corrected chi connectivity index (χ3v) is 3.77. The van der Waals surface area contributed by atoms with Gasteiger partial charge in [0.25, 0.3) is 0 Å². The summed E-state index contributed by atoms with van der Waals surface area (Å²) >= 11 is 0. The highest BCUT2D eigenvalue weighted by Gasteiger charge is 2.19. The average Bonchev–Trinajstić information content (AvgIpc) is 3.19. The number of aromatic nitrogens is 4. The first-order valence-corrected chi connectivity index (χ1v) is 7.28. The van der Waals surface area contributed by atoms with E-state index in [4.69, 9.17) is 0 Å². The molecule has 7 heteroatoms. The molecule has 22 heavy (non-hydrogen) atoms. The molecule has 3 heterocycles. The molecule has 0 spiro atoms. The van der Waals surface area contributed by atoms with Crippen molar-refractivity contribution < 1.29 is 4.39 Å².